The summed E-state index contributed by atoms with van der Waals surface area (Å²) >= 11 is 0. The molecule has 6 nitrogen and oxygen atoms in total. The first-order valence-corrected chi connectivity index (χ1v) is 6.94. The fourth-order valence-electron chi connectivity index (χ4n) is 1.93. The Labute approximate surface area is 115 Å². The Hall–Kier alpha value is -1.30. The molecule has 0 aliphatic carbocycles. The van der Waals surface area contributed by atoms with E-state index >= 15 is 0 Å². The molecule has 110 valence electrons. The molecule has 0 spiro atoms. The highest BCUT2D eigenvalue weighted by molar-refractivity contribution is 5.78. The molecule has 1 heterocycles. The lowest BCUT2D eigenvalue weighted by Gasteiger charge is -2.34. The molecule has 1 aliphatic rings. The number of nitrogens with one attached hydrogen (secondary N) is 1. The average Bonchev–Trinajstić information content (AvgIpc) is 2.38. The third-order valence-electron chi connectivity index (χ3n) is 2.99. The number of hydrogen-bond donors (Lipinski definition) is 1. The van der Waals surface area contributed by atoms with Crippen LogP contribution in [0, 0.1) is 5.92 Å². The minimum Gasteiger partial charge on any atom is -0.450 e. The van der Waals surface area contributed by atoms with Crippen LogP contribution in [0.1, 0.15) is 20.8 Å². The molecule has 0 saturated carbocycles. The topological polar surface area (TPSA) is 61.9 Å². The summed E-state index contributed by atoms with van der Waals surface area (Å²) in [5, 5.41) is 3.14. The first-order valence-electron chi connectivity index (χ1n) is 6.94. The predicted molar refractivity (Wildman–Crippen MR) is 72.9 cm³/mol. The molecular weight excluding hydrogens is 246 g/mol. The quantitative estimate of drug-likeness (QED) is 0.792. The summed E-state index contributed by atoms with van der Waals surface area (Å²) in [6.45, 7) is 9.87. The van der Waals surface area contributed by atoms with Gasteiger partial charge in [0.25, 0.3) is 0 Å². The second kappa shape index (κ2) is 7.99. The molecule has 0 bridgehead atoms. The normalized spacial score (nSPS) is 15.8. The van der Waals surface area contributed by atoms with Crippen molar-refractivity contribution in [2.24, 2.45) is 5.92 Å². The van der Waals surface area contributed by atoms with Crippen molar-refractivity contribution in [3.8, 4) is 0 Å². The van der Waals surface area contributed by atoms with Crippen LogP contribution in [-0.4, -0.2) is 67.7 Å². The number of piperazine rings is 1. The van der Waals surface area contributed by atoms with Crippen LogP contribution in [0.15, 0.2) is 0 Å². The molecule has 6 heteroatoms. The minimum atomic E-state index is -0.285. The number of nitrogens with zero attached hydrogens (tertiary/aromatic N) is 2. The minimum absolute atomic E-state index is 0.101. The lowest BCUT2D eigenvalue weighted by atomic mass is 10.2. The molecule has 2 amide bonds. The van der Waals surface area contributed by atoms with E-state index in [9.17, 15) is 9.59 Å². The molecule has 1 saturated heterocycles. The Morgan fingerprint density at radius 2 is 1.74 bits per heavy atom. The summed E-state index contributed by atoms with van der Waals surface area (Å²) in [4.78, 5) is 26.9. The predicted octanol–water partition coefficient (Wildman–Crippen LogP) is 0.533. The summed E-state index contributed by atoms with van der Waals surface area (Å²) in [5.74, 6) is 0.637. The van der Waals surface area contributed by atoms with E-state index in [1.807, 2.05) is 0 Å². The van der Waals surface area contributed by atoms with Gasteiger partial charge in [0.05, 0.1) is 13.2 Å². The van der Waals surface area contributed by atoms with Gasteiger partial charge in [0.15, 0.2) is 0 Å². The van der Waals surface area contributed by atoms with Crippen LogP contribution >= 0.6 is 0 Å². The van der Waals surface area contributed by atoms with Gasteiger partial charge in [0, 0.05) is 26.2 Å². The first kappa shape index (κ1) is 15.8. The highest BCUT2D eigenvalue weighted by atomic mass is 16.6. The van der Waals surface area contributed by atoms with Crippen molar-refractivity contribution in [2.45, 2.75) is 20.8 Å². The van der Waals surface area contributed by atoms with E-state index in [1.54, 1.807) is 16.7 Å². The van der Waals surface area contributed by atoms with Crippen molar-refractivity contribution >= 4 is 12.0 Å². The number of hydrogen-bond acceptors (Lipinski definition) is 4. The highest BCUT2D eigenvalue weighted by Crippen LogP contribution is 2.04. The van der Waals surface area contributed by atoms with Gasteiger partial charge in [0.1, 0.15) is 0 Å². The highest BCUT2D eigenvalue weighted by Gasteiger charge is 2.24. The van der Waals surface area contributed by atoms with Gasteiger partial charge >= 0.3 is 6.09 Å². The SMILES string of the molecule is CCOC(=O)N1CCN(C(=O)CNCC(C)C)CC1. The van der Waals surface area contributed by atoms with Crippen LogP contribution in [0.25, 0.3) is 0 Å². The zero-order chi connectivity index (χ0) is 14.3. The standard InChI is InChI=1S/C13H25N3O3/c1-4-19-13(18)16-7-5-15(6-8-16)12(17)10-14-9-11(2)3/h11,14H,4-10H2,1-3H3. The second-order valence-electron chi connectivity index (χ2n) is 5.09. The van der Waals surface area contributed by atoms with Crippen molar-refractivity contribution in [3.05, 3.63) is 0 Å². The molecule has 1 aliphatic heterocycles. The molecule has 1 fully saturated rings. The Balaban J connectivity index is 2.25. The van der Waals surface area contributed by atoms with Crippen LogP contribution in [0.5, 0.6) is 0 Å². The number of rotatable bonds is 5. The van der Waals surface area contributed by atoms with Crippen molar-refractivity contribution in [2.75, 3.05) is 45.9 Å². The van der Waals surface area contributed by atoms with E-state index in [0.29, 0.717) is 45.2 Å². The van der Waals surface area contributed by atoms with E-state index in [2.05, 4.69) is 19.2 Å². The summed E-state index contributed by atoms with van der Waals surface area (Å²) in [6.07, 6.45) is -0.285. The van der Waals surface area contributed by atoms with Gasteiger partial charge in [-0.05, 0) is 19.4 Å². The molecule has 0 radical (unpaired) electrons. The van der Waals surface area contributed by atoms with Crippen molar-refractivity contribution in [1.29, 1.82) is 0 Å². The van der Waals surface area contributed by atoms with Crippen molar-refractivity contribution in [1.82, 2.24) is 15.1 Å². The van der Waals surface area contributed by atoms with E-state index in [1.165, 1.54) is 0 Å². The molecule has 0 atom stereocenters. The van der Waals surface area contributed by atoms with Crippen LogP contribution in [0.3, 0.4) is 0 Å². The fraction of sp³-hybridized carbons (Fsp3) is 0.846. The molecule has 0 aromatic heterocycles. The monoisotopic (exact) mass is 271 g/mol. The van der Waals surface area contributed by atoms with Gasteiger partial charge in [0.2, 0.25) is 5.91 Å². The second-order valence-corrected chi connectivity index (χ2v) is 5.09. The maximum Gasteiger partial charge on any atom is 0.409 e. The summed E-state index contributed by atoms with van der Waals surface area (Å²) in [7, 11) is 0. The first-order chi connectivity index (χ1) is 9.04. The number of carbonyl (C=O) groups excluding carboxylic acids is 2. The third kappa shape index (κ3) is 5.46. The zero-order valence-electron chi connectivity index (χ0n) is 12.1. The van der Waals surface area contributed by atoms with E-state index in [-0.39, 0.29) is 12.0 Å². The Morgan fingerprint density at radius 3 is 2.26 bits per heavy atom. The maximum absolute atomic E-state index is 11.9. The number of ether oxygens (including phenoxy) is 1. The number of amides is 2. The Morgan fingerprint density at radius 1 is 1.16 bits per heavy atom. The lowest BCUT2D eigenvalue weighted by molar-refractivity contribution is -0.131. The Bertz CT molecular complexity index is 300. The van der Waals surface area contributed by atoms with Crippen LogP contribution < -0.4 is 5.32 Å². The summed E-state index contributed by atoms with van der Waals surface area (Å²) in [5.41, 5.74) is 0. The molecular formula is C13H25N3O3. The molecule has 19 heavy (non-hydrogen) atoms. The fourth-order valence-corrected chi connectivity index (χ4v) is 1.93. The maximum atomic E-state index is 11.9. The van der Waals surface area contributed by atoms with Gasteiger partial charge in [-0.25, -0.2) is 4.79 Å². The molecule has 0 aromatic rings. The molecule has 1 N–H and O–H groups in total. The Kier molecular flexibility index (Phi) is 6.62. The zero-order valence-corrected chi connectivity index (χ0v) is 12.1. The number of carbonyl (C=O) groups is 2. The van der Waals surface area contributed by atoms with Crippen molar-refractivity contribution < 1.29 is 14.3 Å². The lowest BCUT2D eigenvalue weighted by Crippen LogP contribution is -2.52. The van der Waals surface area contributed by atoms with E-state index in [4.69, 9.17) is 4.74 Å². The summed E-state index contributed by atoms with van der Waals surface area (Å²) in [6, 6.07) is 0. The van der Waals surface area contributed by atoms with E-state index < -0.39 is 0 Å². The van der Waals surface area contributed by atoms with Crippen LogP contribution in [-0.2, 0) is 9.53 Å². The van der Waals surface area contributed by atoms with Crippen LogP contribution in [0.4, 0.5) is 4.79 Å². The van der Waals surface area contributed by atoms with Gasteiger partial charge in [-0.3, -0.25) is 4.79 Å². The molecule has 1 rings (SSSR count). The summed E-state index contributed by atoms with van der Waals surface area (Å²) < 4.78 is 4.94. The van der Waals surface area contributed by atoms with Gasteiger partial charge < -0.3 is 19.9 Å². The van der Waals surface area contributed by atoms with E-state index in [0.717, 1.165) is 6.54 Å². The van der Waals surface area contributed by atoms with Gasteiger partial charge in [-0.2, -0.15) is 0 Å². The van der Waals surface area contributed by atoms with Gasteiger partial charge in [-0.1, -0.05) is 13.8 Å². The third-order valence-corrected chi connectivity index (χ3v) is 2.99. The average molecular weight is 271 g/mol. The molecule has 0 aromatic carbocycles. The smallest absolute Gasteiger partial charge is 0.409 e. The van der Waals surface area contributed by atoms with Crippen molar-refractivity contribution in [3.63, 3.8) is 0 Å². The van der Waals surface area contributed by atoms with Crippen LogP contribution in [0.2, 0.25) is 0 Å². The van der Waals surface area contributed by atoms with Gasteiger partial charge in [-0.15, -0.1) is 0 Å². The largest absolute Gasteiger partial charge is 0.450 e. The molecule has 0 unspecified atom stereocenters.